The van der Waals surface area contributed by atoms with E-state index in [4.69, 9.17) is 0 Å². The second kappa shape index (κ2) is 6.29. The van der Waals surface area contributed by atoms with Gasteiger partial charge in [0.25, 0.3) is 5.91 Å². The minimum atomic E-state index is 0.147. The third-order valence-electron chi connectivity index (χ3n) is 6.47. The third kappa shape index (κ3) is 2.92. The number of amides is 1. The van der Waals surface area contributed by atoms with Gasteiger partial charge in [0, 0.05) is 18.3 Å². The molecule has 23 heavy (non-hydrogen) atoms. The summed E-state index contributed by atoms with van der Waals surface area (Å²) in [5, 5.41) is 7.29. The van der Waals surface area contributed by atoms with Crippen LogP contribution in [0.4, 0.5) is 0 Å². The van der Waals surface area contributed by atoms with Crippen LogP contribution in [0.5, 0.6) is 0 Å². The van der Waals surface area contributed by atoms with E-state index in [0.717, 1.165) is 49.3 Å². The molecule has 1 amide bonds. The summed E-state index contributed by atoms with van der Waals surface area (Å²) in [6.07, 6.45) is 11.4. The maximum Gasteiger partial charge on any atom is 0.274 e. The number of nitrogens with zero attached hydrogens (tertiary/aromatic N) is 2. The zero-order valence-electron chi connectivity index (χ0n) is 14.3. The molecule has 2 aliphatic carbocycles. The second-order valence-electron chi connectivity index (χ2n) is 7.99. The van der Waals surface area contributed by atoms with Crippen LogP contribution < -0.4 is 0 Å². The summed E-state index contributed by atoms with van der Waals surface area (Å²) in [6, 6.07) is 2.41. The molecule has 4 rings (SSSR count). The van der Waals surface area contributed by atoms with E-state index >= 15 is 0 Å². The Bertz CT molecular complexity index is 567. The molecule has 1 aromatic rings. The Hall–Kier alpha value is -1.32. The summed E-state index contributed by atoms with van der Waals surface area (Å²) in [6.45, 7) is 3.06. The Morgan fingerprint density at radius 2 is 2.26 bits per heavy atom. The number of aromatic nitrogens is 2. The highest BCUT2D eigenvalue weighted by atomic mass is 16.2. The Morgan fingerprint density at radius 1 is 1.35 bits per heavy atom. The van der Waals surface area contributed by atoms with Crippen molar-refractivity contribution in [2.75, 3.05) is 6.54 Å². The first-order chi connectivity index (χ1) is 11.2. The van der Waals surface area contributed by atoms with E-state index in [0.29, 0.717) is 11.7 Å². The van der Waals surface area contributed by atoms with Crippen LogP contribution in [0.3, 0.4) is 0 Å². The molecular formula is C19H29N3O. The number of carbonyl (C=O) groups excluding carboxylic acids is 1. The fraction of sp³-hybridized carbons (Fsp3) is 0.789. The van der Waals surface area contributed by atoms with Crippen LogP contribution in [0.1, 0.15) is 74.5 Å². The monoisotopic (exact) mass is 315 g/mol. The number of rotatable bonds is 5. The van der Waals surface area contributed by atoms with E-state index in [2.05, 4.69) is 22.0 Å². The van der Waals surface area contributed by atoms with Crippen LogP contribution in [-0.4, -0.2) is 33.6 Å². The Balaban J connectivity index is 1.41. The van der Waals surface area contributed by atoms with E-state index in [1.54, 1.807) is 0 Å². The number of aryl methyl sites for hydroxylation is 1. The summed E-state index contributed by atoms with van der Waals surface area (Å²) in [5.41, 5.74) is 1.70. The van der Waals surface area contributed by atoms with Crippen molar-refractivity contribution < 1.29 is 4.79 Å². The van der Waals surface area contributed by atoms with Crippen molar-refractivity contribution in [2.45, 2.75) is 70.8 Å². The molecule has 4 atom stereocenters. The van der Waals surface area contributed by atoms with Crippen LogP contribution in [-0.2, 0) is 6.42 Å². The first kappa shape index (κ1) is 15.2. The van der Waals surface area contributed by atoms with Crippen molar-refractivity contribution in [2.24, 2.45) is 17.8 Å². The van der Waals surface area contributed by atoms with Crippen molar-refractivity contribution in [3.05, 3.63) is 17.5 Å². The van der Waals surface area contributed by atoms with E-state index < -0.39 is 0 Å². The van der Waals surface area contributed by atoms with E-state index in [9.17, 15) is 4.79 Å². The largest absolute Gasteiger partial charge is 0.334 e. The predicted octanol–water partition coefficient (Wildman–Crippen LogP) is 3.79. The minimum absolute atomic E-state index is 0.147. The van der Waals surface area contributed by atoms with E-state index in [1.165, 1.54) is 38.5 Å². The smallest absolute Gasteiger partial charge is 0.274 e. The van der Waals surface area contributed by atoms with Crippen LogP contribution in [0.2, 0.25) is 0 Å². The van der Waals surface area contributed by atoms with Gasteiger partial charge in [-0.2, -0.15) is 5.10 Å². The lowest BCUT2D eigenvalue weighted by atomic mass is 9.83. The van der Waals surface area contributed by atoms with Gasteiger partial charge >= 0.3 is 0 Å². The normalized spacial score (nSPS) is 32.8. The number of carbonyl (C=O) groups is 1. The summed E-state index contributed by atoms with van der Waals surface area (Å²) in [7, 11) is 0. The maximum atomic E-state index is 12.9. The molecule has 2 saturated carbocycles. The van der Waals surface area contributed by atoms with E-state index in [1.807, 2.05) is 6.07 Å². The number of fused-ring (bicyclic) bond motifs is 2. The standard InChI is InChI=1S/C19H29N3O/c1-2-4-16-12-18(21-20-16)19(23)22-8-3-5-17(22)11-15-10-13-6-7-14(15)9-13/h12-15,17H,2-11H2,1H3,(H,20,21)/t13-,14-,15+,17+/m0/s1. The molecule has 4 heteroatoms. The fourth-order valence-corrected chi connectivity index (χ4v) is 5.38. The van der Waals surface area contributed by atoms with Gasteiger partial charge < -0.3 is 4.90 Å². The zero-order valence-corrected chi connectivity index (χ0v) is 14.3. The SMILES string of the molecule is CCCc1cc(C(=O)N2CCC[C@@H]2C[C@H]2C[C@H]3CC[C@H]2C3)n[nH]1. The van der Waals surface area contributed by atoms with Crippen LogP contribution >= 0.6 is 0 Å². The van der Waals surface area contributed by atoms with Gasteiger partial charge in [-0.15, -0.1) is 0 Å². The van der Waals surface area contributed by atoms with Gasteiger partial charge in [-0.3, -0.25) is 9.89 Å². The number of nitrogens with one attached hydrogen (secondary N) is 1. The highest BCUT2D eigenvalue weighted by Gasteiger charge is 2.42. The van der Waals surface area contributed by atoms with Crippen molar-refractivity contribution in [1.82, 2.24) is 15.1 Å². The molecule has 3 aliphatic rings. The van der Waals surface area contributed by atoms with Crippen molar-refractivity contribution >= 4 is 5.91 Å². The number of hydrogen-bond donors (Lipinski definition) is 1. The van der Waals surface area contributed by atoms with Gasteiger partial charge in [0.1, 0.15) is 5.69 Å². The van der Waals surface area contributed by atoms with Crippen molar-refractivity contribution in [1.29, 1.82) is 0 Å². The van der Waals surface area contributed by atoms with Crippen LogP contribution in [0.15, 0.2) is 6.07 Å². The molecule has 1 aromatic heterocycles. The van der Waals surface area contributed by atoms with Gasteiger partial charge in [-0.25, -0.2) is 0 Å². The van der Waals surface area contributed by atoms with Gasteiger partial charge in [0.05, 0.1) is 0 Å². The molecule has 3 fully saturated rings. The number of H-pyrrole nitrogens is 1. The fourth-order valence-electron chi connectivity index (χ4n) is 5.38. The molecule has 0 spiro atoms. The maximum absolute atomic E-state index is 12.9. The van der Waals surface area contributed by atoms with E-state index in [-0.39, 0.29) is 5.91 Å². The Morgan fingerprint density at radius 3 is 3.00 bits per heavy atom. The van der Waals surface area contributed by atoms with Gasteiger partial charge in [-0.1, -0.05) is 19.8 Å². The Labute approximate surface area is 139 Å². The van der Waals surface area contributed by atoms with Crippen molar-refractivity contribution in [3.63, 3.8) is 0 Å². The molecule has 4 nitrogen and oxygen atoms in total. The first-order valence-corrected chi connectivity index (χ1v) is 9.59. The summed E-state index contributed by atoms with van der Waals surface area (Å²) >= 11 is 0. The topological polar surface area (TPSA) is 49.0 Å². The third-order valence-corrected chi connectivity index (χ3v) is 6.47. The zero-order chi connectivity index (χ0) is 15.8. The molecular weight excluding hydrogens is 286 g/mol. The van der Waals surface area contributed by atoms with Gasteiger partial charge in [-0.05, 0) is 68.8 Å². The average Bonchev–Trinajstić information content (AvgIpc) is 3.31. The molecule has 0 aromatic carbocycles. The number of likely N-dealkylation sites (tertiary alicyclic amines) is 1. The van der Waals surface area contributed by atoms with Gasteiger partial charge in [0.15, 0.2) is 0 Å². The van der Waals surface area contributed by atoms with Crippen LogP contribution in [0.25, 0.3) is 0 Å². The highest BCUT2D eigenvalue weighted by Crippen LogP contribution is 2.50. The summed E-state index contributed by atoms with van der Waals surface area (Å²) in [4.78, 5) is 15.0. The molecule has 1 aliphatic heterocycles. The summed E-state index contributed by atoms with van der Waals surface area (Å²) in [5.74, 6) is 2.98. The molecule has 0 radical (unpaired) electrons. The molecule has 2 bridgehead atoms. The lowest BCUT2D eigenvalue weighted by Crippen LogP contribution is -2.37. The van der Waals surface area contributed by atoms with Crippen LogP contribution in [0, 0.1) is 17.8 Å². The molecule has 1 saturated heterocycles. The molecule has 1 N–H and O–H groups in total. The lowest BCUT2D eigenvalue weighted by Gasteiger charge is -2.30. The number of aromatic amines is 1. The Kier molecular flexibility index (Phi) is 4.16. The molecule has 0 unspecified atom stereocenters. The average molecular weight is 315 g/mol. The first-order valence-electron chi connectivity index (χ1n) is 9.59. The quantitative estimate of drug-likeness (QED) is 0.898. The molecule has 2 heterocycles. The minimum Gasteiger partial charge on any atom is -0.334 e. The predicted molar refractivity (Wildman–Crippen MR) is 90.2 cm³/mol. The summed E-state index contributed by atoms with van der Waals surface area (Å²) < 4.78 is 0. The highest BCUT2D eigenvalue weighted by molar-refractivity contribution is 5.92. The number of hydrogen-bond acceptors (Lipinski definition) is 2. The van der Waals surface area contributed by atoms with Gasteiger partial charge in [0.2, 0.25) is 0 Å². The molecule has 126 valence electrons. The second-order valence-corrected chi connectivity index (χ2v) is 7.99. The lowest BCUT2D eigenvalue weighted by molar-refractivity contribution is 0.0701. The van der Waals surface area contributed by atoms with Crippen molar-refractivity contribution in [3.8, 4) is 0 Å².